The Hall–Kier alpha value is -1.18. The van der Waals surface area contributed by atoms with Crippen molar-refractivity contribution in [1.82, 2.24) is 0 Å². The zero-order chi connectivity index (χ0) is 31.7. The molecule has 0 radical (unpaired) electrons. The summed E-state index contributed by atoms with van der Waals surface area (Å²) in [6.07, 6.45) is 30.2. The van der Waals surface area contributed by atoms with Gasteiger partial charge in [-0.15, -0.1) is 0 Å². The smallest absolute Gasteiger partial charge is 0.310 e. The lowest BCUT2D eigenvalue weighted by molar-refractivity contribution is -0.162. The fourth-order valence-electron chi connectivity index (χ4n) is 7.31. The molecule has 1 saturated carbocycles. The third kappa shape index (κ3) is 14.2. The first-order chi connectivity index (χ1) is 22.1. The van der Waals surface area contributed by atoms with Gasteiger partial charge in [0.2, 0.25) is 0 Å². The topological polar surface area (TPSA) is 90.2 Å². The second-order valence-electron chi connectivity index (χ2n) is 14.5. The Morgan fingerprint density at radius 3 is 1.16 bits per heavy atom. The Morgan fingerprint density at radius 1 is 0.467 bits per heavy atom. The van der Waals surface area contributed by atoms with Crippen molar-refractivity contribution in [2.45, 2.75) is 205 Å². The van der Waals surface area contributed by atoms with Crippen molar-refractivity contribution in [1.29, 1.82) is 0 Å². The number of epoxide rings is 3. The number of unbranched alkanes of at least 4 members (excludes halogenated alkanes) is 18. The highest BCUT2D eigenvalue weighted by atomic mass is 16.6. The summed E-state index contributed by atoms with van der Waals surface area (Å²) in [6, 6.07) is 0. The van der Waals surface area contributed by atoms with Crippen molar-refractivity contribution in [3.8, 4) is 0 Å². The first kappa shape index (κ1) is 36.7. The average molecular weight is 635 g/mol. The summed E-state index contributed by atoms with van der Waals surface area (Å²) in [5.74, 6) is -1.60. The van der Waals surface area contributed by atoms with Gasteiger partial charge in [0.15, 0.2) is 0 Å². The molecule has 0 amide bonds. The molecule has 0 aromatic carbocycles. The number of hydrogen-bond acceptors (Lipinski definition) is 7. The minimum Gasteiger partial charge on any atom is -0.463 e. The molecule has 45 heavy (non-hydrogen) atoms. The lowest BCUT2D eigenvalue weighted by atomic mass is 9.79. The molecule has 8 unspecified atom stereocenters. The van der Waals surface area contributed by atoms with E-state index in [4.69, 9.17) is 23.7 Å². The lowest BCUT2D eigenvalue weighted by Crippen LogP contribution is -2.38. The van der Waals surface area contributed by atoms with Crippen molar-refractivity contribution in [2.24, 2.45) is 11.8 Å². The summed E-state index contributed by atoms with van der Waals surface area (Å²) < 4.78 is 28.6. The van der Waals surface area contributed by atoms with Gasteiger partial charge < -0.3 is 23.7 Å². The van der Waals surface area contributed by atoms with Crippen LogP contribution in [0.1, 0.15) is 168 Å². The number of rotatable bonds is 28. The Balaban J connectivity index is 1.00. The van der Waals surface area contributed by atoms with Crippen molar-refractivity contribution in [3.05, 3.63) is 0 Å². The summed E-state index contributed by atoms with van der Waals surface area (Å²) in [5, 5.41) is 0. The summed E-state index contributed by atoms with van der Waals surface area (Å²) in [4.78, 5) is 26.1. The highest BCUT2D eigenvalue weighted by molar-refractivity contribution is 5.82. The lowest BCUT2D eigenvalue weighted by Gasteiger charge is -2.26. The Bertz CT molecular complexity index is 767. The summed E-state index contributed by atoms with van der Waals surface area (Å²) in [7, 11) is 0. The van der Waals surface area contributed by atoms with E-state index >= 15 is 0 Å². The maximum Gasteiger partial charge on any atom is 0.310 e. The quantitative estimate of drug-likeness (QED) is 0.0482. The second-order valence-corrected chi connectivity index (χ2v) is 14.5. The number of carbonyl (C=O) groups is 2. The largest absolute Gasteiger partial charge is 0.463 e. The third-order valence-corrected chi connectivity index (χ3v) is 10.6. The number of hydrogen-bond donors (Lipinski definition) is 0. The van der Waals surface area contributed by atoms with Gasteiger partial charge in [0, 0.05) is 0 Å². The standard InChI is InChI=1S/C38H66O7/c1-3-5-7-9-11-13-15-17-19-21-23-31-35(43-31)27-41-37(39)29-25-33-34(45-33)26-30(29)38(40)42-28-36-32(44-36)24-22-20-18-16-14-12-10-8-6-4-2/h29-36H,3-28H2,1-2H3. The van der Waals surface area contributed by atoms with E-state index in [-0.39, 0.29) is 61.8 Å². The van der Waals surface area contributed by atoms with Gasteiger partial charge in [0.1, 0.15) is 25.4 Å². The molecule has 3 saturated heterocycles. The molecule has 3 heterocycles. The summed E-state index contributed by atoms with van der Waals surface area (Å²) in [6.45, 7) is 5.09. The molecule has 7 nitrogen and oxygen atoms in total. The van der Waals surface area contributed by atoms with Gasteiger partial charge in [-0.1, -0.05) is 142 Å². The van der Waals surface area contributed by atoms with E-state index in [1.807, 2.05) is 0 Å². The van der Waals surface area contributed by atoms with E-state index < -0.39 is 11.8 Å². The highest BCUT2D eigenvalue weighted by Gasteiger charge is 2.54. The van der Waals surface area contributed by atoms with Crippen LogP contribution in [0.2, 0.25) is 0 Å². The van der Waals surface area contributed by atoms with Gasteiger partial charge in [-0.05, 0) is 25.7 Å². The molecule has 0 N–H and O–H groups in total. The van der Waals surface area contributed by atoms with E-state index in [0.717, 1.165) is 12.8 Å². The van der Waals surface area contributed by atoms with Crippen LogP contribution in [-0.2, 0) is 33.3 Å². The Labute approximate surface area is 274 Å². The van der Waals surface area contributed by atoms with Crippen LogP contribution in [0.4, 0.5) is 0 Å². The molecule has 0 bridgehead atoms. The zero-order valence-corrected chi connectivity index (χ0v) is 28.9. The molecule has 0 aromatic rings. The fraction of sp³-hybridized carbons (Fsp3) is 0.947. The Morgan fingerprint density at radius 2 is 0.800 bits per heavy atom. The van der Waals surface area contributed by atoms with Crippen LogP contribution in [0.15, 0.2) is 0 Å². The molecule has 8 atom stereocenters. The van der Waals surface area contributed by atoms with Gasteiger partial charge >= 0.3 is 11.9 Å². The Kier molecular flexibility index (Phi) is 17.0. The number of fused-ring (bicyclic) bond motifs is 1. The first-order valence-electron chi connectivity index (χ1n) is 19.4. The van der Waals surface area contributed by atoms with Gasteiger partial charge in [0.25, 0.3) is 0 Å². The van der Waals surface area contributed by atoms with Crippen LogP contribution in [0, 0.1) is 11.8 Å². The van der Waals surface area contributed by atoms with Crippen molar-refractivity contribution in [2.75, 3.05) is 13.2 Å². The molecule has 4 aliphatic rings. The fourth-order valence-corrected chi connectivity index (χ4v) is 7.31. The van der Waals surface area contributed by atoms with Crippen molar-refractivity contribution < 1.29 is 33.3 Å². The number of ether oxygens (including phenoxy) is 5. The second kappa shape index (κ2) is 20.9. The van der Waals surface area contributed by atoms with Crippen LogP contribution >= 0.6 is 0 Å². The molecule has 0 aromatic heterocycles. The number of esters is 2. The van der Waals surface area contributed by atoms with E-state index in [0.29, 0.717) is 12.8 Å². The molecule has 4 fully saturated rings. The van der Waals surface area contributed by atoms with Gasteiger partial charge in [-0.3, -0.25) is 9.59 Å². The monoisotopic (exact) mass is 634 g/mol. The van der Waals surface area contributed by atoms with E-state index in [1.54, 1.807) is 0 Å². The van der Waals surface area contributed by atoms with Crippen LogP contribution < -0.4 is 0 Å². The maximum atomic E-state index is 13.1. The zero-order valence-electron chi connectivity index (χ0n) is 28.9. The molecular formula is C38H66O7. The van der Waals surface area contributed by atoms with Gasteiger partial charge in [-0.2, -0.15) is 0 Å². The summed E-state index contributed by atoms with van der Waals surface area (Å²) in [5.41, 5.74) is 0. The molecule has 0 spiro atoms. The van der Waals surface area contributed by atoms with Crippen LogP contribution in [0.5, 0.6) is 0 Å². The van der Waals surface area contributed by atoms with Crippen LogP contribution in [0.3, 0.4) is 0 Å². The molecule has 7 heteroatoms. The normalized spacial score (nSPS) is 29.6. The van der Waals surface area contributed by atoms with Gasteiger partial charge in [-0.25, -0.2) is 0 Å². The van der Waals surface area contributed by atoms with E-state index in [9.17, 15) is 9.59 Å². The SMILES string of the molecule is CCCCCCCCCCCCC1OC1COC(=O)C1CC2OC2CC1C(=O)OCC1OC1CCCCCCCCCCCC. The minimum atomic E-state index is -0.497. The van der Waals surface area contributed by atoms with Crippen molar-refractivity contribution in [3.63, 3.8) is 0 Å². The molecule has 3 aliphatic heterocycles. The maximum absolute atomic E-state index is 13.1. The van der Waals surface area contributed by atoms with Gasteiger partial charge in [0.05, 0.1) is 36.3 Å². The molecule has 4 rings (SSSR count). The highest BCUT2D eigenvalue weighted by Crippen LogP contribution is 2.44. The average Bonchev–Trinajstić information content (AvgIpc) is 3.95. The van der Waals surface area contributed by atoms with E-state index in [2.05, 4.69) is 13.8 Å². The van der Waals surface area contributed by atoms with Crippen LogP contribution in [-0.4, -0.2) is 61.8 Å². The molecular weight excluding hydrogens is 568 g/mol. The minimum absolute atomic E-state index is 0.00549. The summed E-state index contributed by atoms with van der Waals surface area (Å²) >= 11 is 0. The van der Waals surface area contributed by atoms with Crippen LogP contribution in [0.25, 0.3) is 0 Å². The van der Waals surface area contributed by atoms with Crippen molar-refractivity contribution >= 4 is 11.9 Å². The predicted octanol–water partition coefficient (Wildman–Crippen LogP) is 9.02. The van der Waals surface area contributed by atoms with E-state index in [1.165, 1.54) is 128 Å². The molecule has 1 aliphatic carbocycles. The number of carbonyl (C=O) groups excluding carboxylic acids is 2. The third-order valence-electron chi connectivity index (χ3n) is 10.6. The molecule has 260 valence electrons. The first-order valence-corrected chi connectivity index (χ1v) is 19.4. The predicted molar refractivity (Wildman–Crippen MR) is 177 cm³/mol.